The van der Waals surface area contributed by atoms with Gasteiger partial charge in [0.1, 0.15) is 0 Å². The zero-order valence-corrected chi connectivity index (χ0v) is 9.41. The molecule has 2 amide bonds. The van der Waals surface area contributed by atoms with Gasteiger partial charge in [-0.3, -0.25) is 4.79 Å². The number of ether oxygens (including phenoxy) is 1. The first-order valence-electron chi connectivity index (χ1n) is 5.35. The summed E-state index contributed by atoms with van der Waals surface area (Å²) in [4.78, 5) is 22.1. The largest absolute Gasteiger partial charge is 0.481 e. The maximum absolute atomic E-state index is 11.2. The van der Waals surface area contributed by atoms with E-state index in [1.165, 1.54) is 0 Å². The van der Waals surface area contributed by atoms with Gasteiger partial charge in [-0.05, 0) is 19.3 Å². The van der Waals surface area contributed by atoms with Crippen LogP contribution in [0.3, 0.4) is 0 Å². The SMILES string of the molecule is COCCCNC(=O)NCC1(C(=O)O)CC1. The first-order valence-corrected chi connectivity index (χ1v) is 5.35. The maximum atomic E-state index is 11.2. The van der Waals surface area contributed by atoms with Gasteiger partial charge >= 0.3 is 12.0 Å². The molecule has 0 aromatic heterocycles. The highest BCUT2D eigenvalue weighted by atomic mass is 16.5. The van der Waals surface area contributed by atoms with Gasteiger partial charge in [-0.15, -0.1) is 0 Å². The minimum atomic E-state index is -0.827. The Balaban J connectivity index is 2.09. The van der Waals surface area contributed by atoms with Crippen LogP contribution in [0.4, 0.5) is 4.79 Å². The summed E-state index contributed by atoms with van der Waals surface area (Å²) in [6, 6.07) is -0.316. The highest BCUT2D eigenvalue weighted by Crippen LogP contribution is 2.45. The molecule has 0 aliphatic heterocycles. The van der Waals surface area contributed by atoms with E-state index in [0.29, 0.717) is 26.0 Å². The summed E-state index contributed by atoms with van der Waals surface area (Å²) in [5.41, 5.74) is -0.704. The van der Waals surface area contributed by atoms with E-state index in [2.05, 4.69) is 10.6 Å². The van der Waals surface area contributed by atoms with Crippen molar-refractivity contribution in [2.45, 2.75) is 19.3 Å². The first kappa shape index (κ1) is 12.8. The fourth-order valence-electron chi connectivity index (χ4n) is 1.35. The summed E-state index contributed by atoms with van der Waals surface area (Å²) >= 11 is 0. The number of carbonyl (C=O) groups is 2. The van der Waals surface area contributed by atoms with Crippen molar-refractivity contribution in [1.82, 2.24) is 10.6 Å². The van der Waals surface area contributed by atoms with Crippen molar-refractivity contribution >= 4 is 12.0 Å². The van der Waals surface area contributed by atoms with Crippen molar-refractivity contribution in [3.8, 4) is 0 Å². The third kappa shape index (κ3) is 3.69. The molecule has 0 aromatic carbocycles. The second kappa shape index (κ2) is 5.69. The first-order chi connectivity index (χ1) is 7.60. The lowest BCUT2D eigenvalue weighted by Crippen LogP contribution is -2.41. The van der Waals surface area contributed by atoms with E-state index in [1.54, 1.807) is 7.11 Å². The van der Waals surface area contributed by atoms with Crippen LogP contribution in [-0.2, 0) is 9.53 Å². The van der Waals surface area contributed by atoms with Gasteiger partial charge < -0.3 is 20.5 Å². The van der Waals surface area contributed by atoms with Crippen LogP contribution >= 0.6 is 0 Å². The minimum absolute atomic E-state index is 0.207. The van der Waals surface area contributed by atoms with Gasteiger partial charge in [-0.25, -0.2) is 4.79 Å². The number of aliphatic carboxylic acids is 1. The van der Waals surface area contributed by atoms with Crippen LogP contribution in [0.5, 0.6) is 0 Å². The fraction of sp³-hybridized carbons (Fsp3) is 0.800. The summed E-state index contributed by atoms with van der Waals surface area (Å²) < 4.78 is 4.83. The molecule has 0 heterocycles. The van der Waals surface area contributed by atoms with E-state index in [1.807, 2.05) is 0 Å². The number of carboxylic acids is 1. The zero-order chi connectivity index (χ0) is 12.0. The highest BCUT2D eigenvalue weighted by molar-refractivity contribution is 5.80. The molecule has 0 bridgehead atoms. The molecular weight excluding hydrogens is 212 g/mol. The molecule has 1 saturated carbocycles. The van der Waals surface area contributed by atoms with Gasteiger partial charge in [0.15, 0.2) is 0 Å². The molecule has 16 heavy (non-hydrogen) atoms. The van der Waals surface area contributed by atoms with E-state index in [9.17, 15) is 9.59 Å². The molecule has 1 fully saturated rings. The fourth-order valence-corrected chi connectivity index (χ4v) is 1.35. The van der Waals surface area contributed by atoms with Crippen LogP contribution in [0.2, 0.25) is 0 Å². The number of carboxylic acid groups (broad SMARTS) is 1. The van der Waals surface area contributed by atoms with Crippen molar-refractivity contribution in [2.24, 2.45) is 5.41 Å². The second-order valence-electron chi connectivity index (χ2n) is 4.04. The summed E-state index contributed by atoms with van der Waals surface area (Å²) in [6.45, 7) is 1.33. The molecule has 0 aromatic rings. The topological polar surface area (TPSA) is 87.7 Å². The van der Waals surface area contributed by atoms with Gasteiger partial charge in [-0.1, -0.05) is 0 Å². The second-order valence-corrected chi connectivity index (χ2v) is 4.04. The lowest BCUT2D eigenvalue weighted by Gasteiger charge is -2.11. The van der Waals surface area contributed by atoms with Crippen LogP contribution in [0.1, 0.15) is 19.3 Å². The molecule has 0 spiro atoms. The molecule has 0 saturated heterocycles. The normalized spacial score (nSPS) is 16.6. The number of hydrogen-bond donors (Lipinski definition) is 3. The van der Waals surface area contributed by atoms with Crippen molar-refractivity contribution in [3.63, 3.8) is 0 Å². The summed E-state index contributed by atoms with van der Waals surface area (Å²) in [6.07, 6.45) is 2.03. The van der Waals surface area contributed by atoms with Crippen molar-refractivity contribution < 1.29 is 19.4 Å². The molecule has 3 N–H and O–H groups in total. The van der Waals surface area contributed by atoms with Crippen LogP contribution in [0.25, 0.3) is 0 Å². The Kier molecular flexibility index (Phi) is 4.54. The number of urea groups is 1. The standard InChI is InChI=1S/C10H18N2O4/c1-16-6-2-5-11-9(15)12-7-10(3-4-10)8(13)14/h2-7H2,1H3,(H,13,14)(H2,11,12,15). The molecule has 1 rings (SSSR count). The van der Waals surface area contributed by atoms with Gasteiger partial charge in [0.25, 0.3) is 0 Å². The van der Waals surface area contributed by atoms with E-state index in [0.717, 1.165) is 6.42 Å². The molecule has 6 nitrogen and oxygen atoms in total. The molecule has 0 atom stereocenters. The Labute approximate surface area is 94.3 Å². The van der Waals surface area contributed by atoms with Gasteiger partial charge in [0, 0.05) is 26.8 Å². The van der Waals surface area contributed by atoms with E-state index >= 15 is 0 Å². The molecule has 6 heteroatoms. The van der Waals surface area contributed by atoms with E-state index in [-0.39, 0.29) is 12.6 Å². The van der Waals surface area contributed by atoms with Crippen LogP contribution < -0.4 is 10.6 Å². The number of carbonyl (C=O) groups excluding carboxylic acids is 1. The smallest absolute Gasteiger partial charge is 0.314 e. The molecule has 1 aliphatic rings. The lowest BCUT2D eigenvalue weighted by atomic mass is 10.1. The maximum Gasteiger partial charge on any atom is 0.314 e. The number of amides is 2. The Bertz CT molecular complexity index is 264. The predicted molar refractivity (Wildman–Crippen MR) is 57.2 cm³/mol. The van der Waals surface area contributed by atoms with Gasteiger partial charge in [-0.2, -0.15) is 0 Å². The minimum Gasteiger partial charge on any atom is -0.481 e. The predicted octanol–water partition coefficient (Wildman–Crippen LogP) is 0.187. The molecular formula is C10H18N2O4. The molecule has 0 unspecified atom stereocenters. The Hall–Kier alpha value is -1.30. The number of rotatable bonds is 7. The average Bonchev–Trinajstić information content (AvgIpc) is 3.03. The van der Waals surface area contributed by atoms with E-state index < -0.39 is 11.4 Å². The van der Waals surface area contributed by atoms with Crippen LogP contribution in [0, 0.1) is 5.41 Å². The van der Waals surface area contributed by atoms with Crippen molar-refractivity contribution in [3.05, 3.63) is 0 Å². The van der Waals surface area contributed by atoms with E-state index in [4.69, 9.17) is 9.84 Å². The summed E-state index contributed by atoms with van der Waals surface area (Å²) in [5.74, 6) is -0.827. The summed E-state index contributed by atoms with van der Waals surface area (Å²) in [7, 11) is 1.60. The zero-order valence-electron chi connectivity index (χ0n) is 9.41. The Morgan fingerprint density at radius 1 is 1.38 bits per heavy atom. The summed E-state index contributed by atoms with van der Waals surface area (Å²) in [5, 5.41) is 14.1. The Morgan fingerprint density at radius 3 is 2.56 bits per heavy atom. The van der Waals surface area contributed by atoms with Gasteiger partial charge in [0.2, 0.25) is 0 Å². The van der Waals surface area contributed by atoms with Crippen molar-refractivity contribution in [1.29, 1.82) is 0 Å². The third-order valence-electron chi connectivity index (χ3n) is 2.71. The monoisotopic (exact) mass is 230 g/mol. The number of nitrogens with one attached hydrogen (secondary N) is 2. The van der Waals surface area contributed by atoms with Crippen LogP contribution in [-0.4, -0.2) is 43.9 Å². The lowest BCUT2D eigenvalue weighted by molar-refractivity contribution is -0.143. The average molecular weight is 230 g/mol. The number of methoxy groups -OCH3 is 1. The Morgan fingerprint density at radius 2 is 2.06 bits per heavy atom. The third-order valence-corrected chi connectivity index (χ3v) is 2.71. The number of hydrogen-bond acceptors (Lipinski definition) is 3. The molecule has 0 radical (unpaired) electrons. The van der Waals surface area contributed by atoms with Gasteiger partial charge in [0.05, 0.1) is 5.41 Å². The molecule has 1 aliphatic carbocycles. The quantitative estimate of drug-likeness (QED) is 0.545. The van der Waals surface area contributed by atoms with Crippen LogP contribution in [0.15, 0.2) is 0 Å². The van der Waals surface area contributed by atoms with Crippen molar-refractivity contribution in [2.75, 3.05) is 26.8 Å². The molecule has 92 valence electrons. The highest BCUT2D eigenvalue weighted by Gasteiger charge is 2.50.